The van der Waals surface area contributed by atoms with Gasteiger partial charge in [-0.05, 0) is 18.8 Å². The van der Waals surface area contributed by atoms with Crippen LogP contribution in [-0.2, 0) is 11.3 Å². The summed E-state index contributed by atoms with van der Waals surface area (Å²) in [6.07, 6.45) is 5.15. The van der Waals surface area contributed by atoms with Crippen molar-refractivity contribution in [1.29, 1.82) is 0 Å². The van der Waals surface area contributed by atoms with Gasteiger partial charge in [0.2, 0.25) is 0 Å². The Hall–Kier alpha value is -1.36. The number of hydrogen-bond acceptors (Lipinski definition) is 5. The van der Waals surface area contributed by atoms with Gasteiger partial charge in [-0.25, -0.2) is 9.97 Å². The molecule has 5 nitrogen and oxygen atoms in total. The average molecular weight is 264 g/mol. The monoisotopic (exact) mass is 264 g/mol. The van der Waals surface area contributed by atoms with Crippen molar-refractivity contribution in [3.8, 4) is 0 Å². The Labute approximate surface area is 115 Å². The number of aromatic nitrogens is 2. The van der Waals surface area contributed by atoms with Crippen LogP contribution in [0.15, 0.2) is 6.07 Å². The first kappa shape index (κ1) is 14.1. The van der Waals surface area contributed by atoms with Crippen LogP contribution >= 0.6 is 0 Å². The lowest BCUT2D eigenvalue weighted by Crippen LogP contribution is -2.39. The second-order valence-corrected chi connectivity index (χ2v) is 5.44. The van der Waals surface area contributed by atoms with E-state index in [0.29, 0.717) is 30.2 Å². The molecule has 2 unspecified atom stereocenters. The Morgan fingerprint density at radius 1 is 1.37 bits per heavy atom. The lowest BCUT2D eigenvalue weighted by atomic mass is 9.85. The van der Waals surface area contributed by atoms with E-state index in [1.807, 2.05) is 6.07 Å². The normalized spacial score (nSPS) is 23.3. The number of nitrogens with zero attached hydrogens (tertiary/aromatic N) is 3. The van der Waals surface area contributed by atoms with Gasteiger partial charge in [-0.2, -0.15) is 0 Å². The van der Waals surface area contributed by atoms with E-state index in [0.717, 1.165) is 5.82 Å². The highest BCUT2D eigenvalue weighted by Crippen LogP contribution is 2.30. The summed E-state index contributed by atoms with van der Waals surface area (Å²) in [5.74, 6) is 2.75. The molecule has 0 radical (unpaired) electrons. The van der Waals surface area contributed by atoms with Crippen LogP contribution in [-0.4, -0.2) is 30.2 Å². The van der Waals surface area contributed by atoms with Crippen LogP contribution in [0.25, 0.3) is 0 Å². The summed E-state index contributed by atoms with van der Waals surface area (Å²) in [6, 6.07) is 2.39. The molecule has 0 spiro atoms. The van der Waals surface area contributed by atoms with E-state index >= 15 is 0 Å². The van der Waals surface area contributed by atoms with E-state index in [4.69, 9.17) is 10.5 Å². The van der Waals surface area contributed by atoms with Crippen molar-refractivity contribution >= 4 is 11.6 Å². The second kappa shape index (κ2) is 6.19. The Kier molecular flexibility index (Phi) is 4.58. The number of anilines is 2. The average Bonchev–Trinajstić information content (AvgIpc) is 2.38. The van der Waals surface area contributed by atoms with Crippen molar-refractivity contribution in [3.05, 3.63) is 11.9 Å². The molecule has 2 atom stereocenters. The standard InChI is InChI=1S/C14H24N4O/c1-10-6-4-5-7-11(10)18(2)14-8-12(15)16-13(17-14)9-19-3/h8,10-11H,4-7,9H2,1-3H3,(H2,15,16,17). The van der Waals surface area contributed by atoms with Gasteiger partial charge in [0, 0.05) is 26.3 Å². The minimum atomic E-state index is 0.395. The fourth-order valence-electron chi connectivity index (χ4n) is 2.92. The quantitative estimate of drug-likeness (QED) is 0.903. The smallest absolute Gasteiger partial charge is 0.158 e. The third kappa shape index (κ3) is 3.35. The fourth-order valence-corrected chi connectivity index (χ4v) is 2.92. The lowest BCUT2D eigenvalue weighted by molar-refractivity contribution is 0.178. The first-order valence-electron chi connectivity index (χ1n) is 6.97. The zero-order valence-electron chi connectivity index (χ0n) is 12.1. The molecule has 0 aliphatic heterocycles. The maximum absolute atomic E-state index is 5.86. The molecule has 1 aliphatic rings. The maximum atomic E-state index is 5.86. The molecule has 0 aromatic carbocycles. The molecule has 19 heavy (non-hydrogen) atoms. The number of nitrogens with two attached hydrogens (primary N) is 1. The van der Waals surface area contributed by atoms with Gasteiger partial charge in [0.15, 0.2) is 5.82 Å². The molecule has 0 amide bonds. The molecule has 0 saturated heterocycles. The highest BCUT2D eigenvalue weighted by atomic mass is 16.5. The number of nitrogen functional groups attached to an aromatic ring is 1. The summed E-state index contributed by atoms with van der Waals surface area (Å²) in [5, 5.41) is 0. The Bertz CT molecular complexity index is 424. The van der Waals surface area contributed by atoms with Gasteiger partial charge >= 0.3 is 0 Å². The van der Waals surface area contributed by atoms with Crippen molar-refractivity contribution in [2.24, 2.45) is 5.92 Å². The molecule has 1 heterocycles. The summed E-state index contributed by atoms with van der Waals surface area (Å²) >= 11 is 0. The molecule has 1 aromatic heterocycles. The Balaban J connectivity index is 2.19. The molecular weight excluding hydrogens is 240 g/mol. The second-order valence-electron chi connectivity index (χ2n) is 5.44. The van der Waals surface area contributed by atoms with Gasteiger partial charge in [-0.1, -0.05) is 19.8 Å². The molecule has 2 N–H and O–H groups in total. The van der Waals surface area contributed by atoms with Gasteiger partial charge < -0.3 is 15.4 Å². The van der Waals surface area contributed by atoms with Crippen LogP contribution in [0.3, 0.4) is 0 Å². The van der Waals surface area contributed by atoms with E-state index < -0.39 is 0 Å². The van der Waals surface area contributed by atoms with Crippen molar-refractivity contribution in [1.82, 2.24) is 9.97 Å². The van der Waals surface area contributed by atoms with Crippen LogP contribution in [0.1, 0.15) is 38.4 Å². The highest BCUT2D eigenvalue weighted by Gasteiger charge is 2.26. The Morgan fingerprint density at radius 3 is 2.79 bits per heavy atom. The van der Waals surface area contributed by atoms with Crippen molar-refractivity contribution in [2.45, 2.75) is 45.3 Å². The minimum Gasteiger partial charge on any atom is -0.384 e. The number of methoxy groups -OCH3 is 1. The Morgan fingerprint density at radius 2 is 2.11 bits per heavy atom. The van der Waals surface area contributed by atoms with Gasteiger partial charge in [-0.15, -0.1) is 0 Å². The topological polar surface area (TPSA) is 64.3 Å². The van der Waals surface area contributed by atoms with Crippen LogP contribution in [0.2, 0.25) is 0 Å². The van der Waals surface area contributed by atoms with Gasteiger partial charge in [-0.3, -0.25) is 0 Å². The maximum Gasteiger partial charge on any atom is 0.158 e. The molecule has 5 heteroatoms. The third-order valence-corrected chi connectivity index (χ3v) is 3.98. The predicted molar refractivity (Wildman–Crippen MR) is 77.0 cm³/mol. The zero-order chi connectivity index (χ0) is 13.8. The number of rotatable bonds is 4. The summed E-state index contributed by atoms with van der Waals surface area (Å²) < 4.78 is 5.09. The molecule has 1 aromatic rings. The summed E-state index contributed by atoms with van der Waals surface area (Å²) in [7, 11) is 3.74. The predicted octanol–water partition coefficient (Wildman–Crippen LogP) is 2.22. The van der Waals surface area contributed by atoms with Crippen LogP contribution in [0.5, 0.6) is 0 Å². The number of hydrogen-bond donors (Lipinski definition) is 1. The van der Waals surface area contributed by atoms with Crippen LogP contribution < -0.4 is 10.6 Å². The molecule has 1 fully saturated rings. The van der Waals surface area contributed by atoms with E-state index in [1.165, 1.54) is 25.7 Å². The van der Waals surface area contributed by atoms with E-state index in [9.17, 15) is 0 Å². The van der Waals surface area contributed by atoms with Gasteiger partial charge in [0.05, 0.1) is 0 Å². The van der Waals surface area contributed by atoms with Gasteiger partial charge in [0.1, 0.15) is 18.2 Å². The minimum absolute atomic E-state index is 0.395. The highest BCUT2D eigenvalue weighted by molar-refractivity contribution is 5.47. The lowest BCUT2D eigenvalue weighted by Gasteiger charge is -2.37. The molecule has 1 saturated carbocycles. The van der Waals surface area contributed by atoms with E-state index in [2.05, 4.69) is 28.8 Å². The molecular formula is C14H24N4O. The summed E-state index contributed by atoms with van der Waals surface area (Å²) in [6.45, 7) is 2.72. The summed E-state index contributed by atoms with van der Waals surface area (Å²) in [4.78, 5) is 11.0. The molecule has 106 valence electrons. The SMILES string of the molecule is COCc1nc(N)cc(N(C)C2CCCCC2C)n1. The van der Waals surface area contributed by atoms with Gasteiger partial charge in [0.25, 0.3) is 0 Å². The molecule has 2 rings (SSSR count). The first-order chi connectivity index (χ1) is 9.11. The zero-order valence-corrected chi connectivity index (χ0v) is 12.1. The summed E-state index contributed by atoms with van der Waals surface area (Å²) in [5.41, 5.74) is 5.86. The van der Waals surface area contributed by atoms with Crippen molar-refractivity contribution in [2.75, 3.05) is 24.8 Å². The largest absolute Gasteiger partial charge is 0.384 e. The first-order valence-corrected chi connectivity index (χ1v) is 6.97. The third-order valence-electron chi connectivity index (χ3n) is 3.98. The van der Waals surface area contributed by atoms with E-state index in [-0.39, 0.29) is 0 Å². The number of ether oxygens (including phenoxy) is 1. The van der Waals surface area contributed by atoms with Crippen molar-refractivity contribution in [3.63, 3.8) is 0 Å². The molecule has 0 bridgehead atoms. The molecule has 1 aliphatic carbocycles. The van der Waals surface area contributed by atoms with Crippen LogP contribution in [0.4, 0.5) is 11.6 Å². The van der Waals surface area contributed by atoms with Crippen molar-refractivity contribution < 1.29 is 4.74 Å². The fraction of sp³-hybridized carbons (Fsp3) is 0.714. The van der Waals surface area contributed by atoms with Crippen LogP contribution in [0, 0.1) is 5.92 Å². The van der Waals surface area contributed by atoms with E-state index in [1.54, 1.807) is 7.11 Å².